The highest BCUT2D eigenvalue weighted by Gasteiger charge is 2.31. The van der Waals surface area contributed by atoms with E-state index in [-0.39, 0.29) is 24.1 Å². The van der Waals surface area contributed by atoms with Gasteiger partial charge in [-0.05, 0) is 43.3 Å². The zero-order valence-electron chi connectivity index (χ0n) is 17.9. The van der Waals surface area contributed by atoms with Crippen LogP contribution in [-0.4, -0.2) is 48.3 Å². The molecule has 170 valence electrons. The van der Waals surface area contributed by atoms with Crippen molar-refractivity contribution in [2.75, 3.05) is 41.5 Å². The number of ether oxygens (including phenoxy) is 1. The molecule has 0 radical (unpaired) electrons. The van der Waals surface area contributed by atoms with E-state index in [9.17, 15) is 4.79 Å². The van der Waals surface area contributed by atoms with E-state index in [1.54, 1.807) is 18.2 Å². The van der Waals surface area contributed by atoms with Crippen LogP contribution in [0.2, 0.25) is 10.0 Å². The standard InChI is InChI=1S/C23H22Cl2N6O2/c1-14-11-26-9-10-30(14)16-7-5-15(6-8-16)28-23-27-12-17-21(29-23)33-13-31(22(17)32)20-18(24)3-2-4-19(20)25/h2-8,12,14,26H,9-11,13H2,1H3,(H,27,28,29). The summed E-state index contributed by atoms with van der Waals surface area (Å²) in [7, 11) is 0. The Hall–Kier alpha value is -3.07. The molecule has 0 aliphatic carbocycles. The predicted molar refractivity (Wildman–Crippen MR) is 130 cm³/mol. The van der Waals surface area contributed by atoms with Gasteiger partial charge >= 0.3 is 0 Å². The van der Waals surface area contributed by atoms with Crippen LogP contribution < -0.4 is 25.2 Å². The van der Waals surface area contributed by atoms with Gasteiger partial charge in [-0.2, -0.15) is 4.98 Å². The third-order valence-corrected chi connectivity index (χ3v) is 6.33. The van der Waals surface area contributed by atoms with Crippen LogP contribution in [0.1, 0.15) is 17.3 Å². The van der Waals surface area contributed by atoms with Crippen LogP contribution in [0.5, 0.6) is 5.88 Å². The number of benzene rings is 2. The molecule has 33 heavy (non-hydrogen) atoms. The maximum absolute atomic E-state index is 13.0. The lowest BCUT2D eigenvalue weighted by Gasteiger charge is -2.36. The third-order valence-electron chi connectivity index (χ3n) is 5.72. The highest BCUT2D eigenvalue weighted by molar-refractivity contribution is 6.40. The number of anilines is 4. The first-order valence-corrected chi connectivity index (χ1v) is 11.4. The highest BCUT2D eigenvalue weighted by atomic mass is 35.5. The first kappa shape index (κ1) is 21.8. The number of nitrogens with one attached hydrogen (secondary N) is 2. The van der Waals surface area contributed by atoms with Crippen LogP contribution >= 0.6 is 23.2 Å². The fourth-order valence-corrected chi connectivity index (χ4v) is 4.62. The van der Waals surface area contributed by atoms with E-state index in [2.05, 4.69) is 44.6 Å². The molecule has 1 atom stereocenters. The monoisotopic (exact) mass is 484 g/mol. The summed E-state index contributed by atoms with van der Waals surface area (Å²) in [6.45, 7) is 5.09. The average Bonchev–Trinajstić information content (AvgIpc) is 2.81. The van der Waals surface area contributed by atoms with Gasteiger partial charge in [0.05, 0.1) is 15.7 Å². The van der Waals surface area contributed by atoms with Gasteiger partial charge in [-0.1, -0.05) is 29.3 Å². The van der Waals surface area contributed by atoms with Gasteiger partial charge < -0.3 is 20.3 Å². The Morgan fingerprint density at radius 1 is 1.15 bits per heavy atom. The number of aromatic nitrogens is 2. The van der Waals surface area contributed by atoms with Crippen molar-refractivity contribution in [2.45, 2.75) is 13.0 Å². The van der Waals surface area contributed by atoms with E-state index in [1.165, 1.54) is 16.8 Å². The zero-order chi connectivity index (χ0) is 22.9. The van der Waals surface area contributed by atoms with E-state index in [1.807, 2.05) is 12.1 Å². The molecular weight excluding hydrogens is 463 g/mol. The molecule has 2 aromatic carbocycles. The second-order valence-corrected chi connectivity index (χ2v) is 8.72. The van der Waals surface area contributed by atoms with Crippen molar-refractivity contribution in [1.29, 1.82) is 0 Å². The van der Waals surface area contributed by atoms with Crippen molar-refractivity contribution in [2.24, 2.45) is 0 Å². The Bertz CT molecular complexity index is 1170. The number of hydrogen-bond acceptors (Lipinski definition) is 7. The molecular formula is C23H22Cl2N6O2. The summed E-state index contributed by atoms with van der Waals surface area (Å²) in [5, 5.41) is 7.30. The van der Waals surface area contributed by atoms with Crippen molar-refractivity contribution >= 4 is 52.1 Å². The molecule has 5 rings (SSSR count). The third kappa shape index (κ3) is 4.29. The van der Waals surface area contributed by atoms with Crippen molar-refractivity contribution in [1.82, 2.24) is 15.3 Å². The molecule has 1 amide bonds. The maximum Gasteiger partial charge on any atom is 0.268 e. The molecule has 1 unspecified atom stereocenters. The number of hydrogen-bond donors (Lipinski definition) is 2. The summed E-state index contributed by atoms with van der Waals surface area (Å²) >= 11 is 12.5. The number of halogens is 2. The number of amides is 1. The summed E-state index contributed by atoms with van der Waals surface area (Å²) in [6, 6.07) is 13.6. The second kappa shape index (κ2) is 9.05. The number of fused-ring (bicyclic) bond motifs is 1. The number of para-hydroxylation sites is 1. The molecule has 10 heteroatoms. The molecule has 8 nitrogen and oxygen atoms in total. The zero-order valence-corrected chi connectivity index (χ0v) is 19.4. The molecule has 0 saturated carbocycles. The van der Waals surface area contributed by atoms with Crippen LogP contribution in [0.3, 0.4) is 0 Å². The van der Waals surface area contributed by atoms with E-state index in [0.717, 1.165) is 25.3 Å². The van der Waals surface area contributed by atoms with Gasteiger partial charge in [0.2, 0.25) is 11.8 Å². The van der Waals surface area contributed by atoms with Crippen LogP contribution in [-0.2, 0) is 0 Å². The summed E-state index contributed by atoms with van der Waals surface area (Å²) < 4.78 is 5.74. The fraction of sp³-hybridized carbons (Fsp3) is 0.261. The number of nitrogens with zero attached hydrogens (tertiary/aromatic N) is 4. The van der Waals surface area contributed by atoms with Gasteiger partial charge in [0, 0.05) is 43.2 Å². The number of rotatable bonds is 4. The highest BCUT2D eigenvalue weighted by Crippen LogP contribution is 2.37. The lowest BCUT2D eigenvalue weighted by molar-refractivity contribution is 0.0932. The topological polar surface area (TPSA) is 82.6 Å². The van der Waals surface area contributed by atoms with E-state index < -0.39 is 0 Å². The van der Waals surface area contributed by atoms with E-state index in [4.69, 9.17) is 27.9 Å². The van der Waals surface area contributed by atoms with Crippen LogP contribution in [0.15, 0.2) is 48.7 Å². The molecule has 2 N–H and O–H groups in total. The van der Waals surface area contributed by atoms with Crippen LogP contribution in [0.4, 0.5) is 23.0 Å². The Kier molecular flexibility index (Phi) is 5.97. The average molecular weight is 485 g/mol. The molecule has 2 aliphatic heterocycles. The minimum atomic E-state index is -0.327. The van der Waals surface area contributed by atoms with Crippen LogP contribution in [0, 0.1) is 0 Å². The second-order valence-electron chi connectivity index (χ2n) is 7.91. The summed E-state index contributed by atoms with van der Waals surface area (Å²) in [4.78, 5) is 25.5. The van der Waals surface area contributed by atoms with Gasteiger partial charge in [0.15, 0.2) is 6.73 Å². The predicted octanol–water partition coefficient (Wildman–Crippen LogP) is 4.32. The number of carbonyl (C=O) groups is 1. The van der Waals surface area contributed by atoms with Gasteiger partial charge in [0.1, 0.15) is 5.56 Å². The minimum Gasteiger partial charge on any atom is -0.455 e. The van der Waals surface area contributed by atoms with Crippen LogP contribution in [0.25, 0.3) is 0 Å². The Morgan fingerprint density at radius 3 is 2.64 bits per heavy atom. The van der Waals surface area contributed by atoms with Crippen molar-refractivity contribution in [3.63, 3.8) is 0 Å². The minimum absolute atomic E-state index is 0.0523. The lowest BCUT2D eigenvalue weighted by atomic mass is 10.1. The normalized spacial score (nSPS) is 18.0. The molecule has 0 bridgehead atoms. The summed E-state index contributed by atoms with van der Waals surface area (Å²) in [5.41, 5.74) is 2.66. The number of carbonyl (C=O) groups excluding carboxylic acids is 1. The molecule has 1 aromatic heterocycles. The van der Waals surface area contributed by atoms with Gasteiger partial charge in [-0.15, -0.1) is 0 Å². The van der Waals surface area contributed by atoms with E-state index >= 15 is 0 Å². The molecule has 3 aromatic rings. The molecule has 3 heterocycles. The molecule has 1 saturated heterocycles. The Balaban J connectivity index is 1.32. The number of piperazine rings is 1. The summed E-state index contributed by atoms with van der Waals surface area (Å²) in [5.74, 6) is 0.226. The smallest absolute Gasteiger partial charge is 0.268 e. The molecule has 1 fully saturated rings. The molecule has 2 aliphatic rings. The maximum atomic E-state index is 13.0. The van der Waals surface area contributed by atoms with Crippen molar-refractivity contribution < 1.29 is 9.53 Å². The first-order chi connectivity index (χ1) is 16.0. The lowest BCUT2D eigenvalue weighted by Crippen LogP contribution is -2.49. The Labute approximate surface area is 201 Å². The van der Waals surface area contributed by atoms with Gasteiger partial charge in [0.25, 0.3) is 5.91 Å². The fourth-order valence-electron chi connectivity index (χ4n) is 4.02. The van der Waals surface area contributed by atoms with E-state index in [0.29, 0.717) is 27.7 Å². The summed E-state index contributed by atoms with van der Waals surface area (Å²) in [6.07, 6.45) is 1.45. The largest absolute Gasteiger partial charge is 0.455 e. The first-order valence-electron chi connectivity index (χ1n) is 10.6. The van der Waals surface area contributed by atoms with Gasteiger partial charge in [-0.25, -0.2) is 4.98 Å². The van der Waals surface area contributed by atoms with Gasteiger partial charge in [-0.3, -0.25) is 9.69 Å². The molecule has 0 spiro atoms. The van der Waals surface area contributed by atoms with Crippen molar-refractivity contribution in [3.05, 3.63) is 64.3 Å². The Morgan fingerprint density at radius 2 is 1.91 bits per heavy atom. The van der Waals surface area contributed by atoms with Crippen molar-refractivity contribution in [3.8, 4) is 5.88 Å². The SMILES string of the molecule is CC1CNCCN1c1ccc(Nc2ncc3c(n2)OCN(c2c(Cl)cccc2Cl)C3=O)cc1. The quantitative estimate of drug-likeness (QED) is 0.570.